The summed E-state index contributed by atoms with van der Waals surface area (Å²) in [6.45, 7) is 3.27. The second kappa shape index (κ2) is 3.87. The van der Waals surface area contributed by atoms with E-state index in [9.17, 15) is 0 Å². The van der Waals surface area contributed by atoms with Crippen LogP contribution >= 0.6 is 11.3 Å². The molecule has 70 valence electrons. The molecule has 0 aromatic carbocycles. The maximum atomic E-state index is 5.01. The topological polar surface area (TPSA) is 38.6 Å². The molecule has 0 aliphatic carbocycles. The molecule has 2 aromatic rings. The van der Waals surface area contributed by atoms with Crippen LogP contribution in [0.5, 0.6) is 0 Å². The first-order valence-corrected chi connectivity index (χ1v) is 5.04. The Morgan fingerprint density at radius 3 is 3.38 bits per heavy atom. The number of thiazole rings is 1. The number of hydroxylamine groups is 1. The first-order chi connectivity index (χ1) is 6.40. The molecule has 2 heterocycles. The molecule has 0 bridgehead atoms. The van der Waals surface area contributed by atoms with E-state index in [-0.39, 0.29) is 0 Å². The van der Waals surface area contributed by atoms with E-state index in [0.717, 1.165) is 10.7 Å². The molecule has 0 radical (unpaired) electrons. The number of imidazole rings is 1. The second-order valence-electron chi connectivity index (χ2n) is 2.58. The first kappa shape index (κ1) is 8.68. The van der Waals surface area contributed by atoms with Crippen molar-refractivity contribution in [3.63, 3.8) is 0 Å². The van der Waals surface area contributed by atoms with Crippen molar-refractivity contribution in [2.45, 2.75) is 13.5 Å². The predicted molar refractivity (Wildman–Crippen MR) is 51.5 cm³/mol. The summed E-state index contributed by atoms with van der Waals surface area (Å²) >= 11 is 1.63. The Kier molecular flexibility index (Phi) is 2.58. The van der Waals surface area contributed by atoms with E-state index >= 15 is 0 Å². The molecule has 0 unspecified atom stereocenters. The molecule has 0 aliphatic rings. The highest BCUT2D eigenvalue weighted by molar-refractivity contribution is 7.15. The van der Waals surface area contributed by atoms with Gasteiger partial charge in [-0.1, -0.05) is 0 Å². The first-order valence-electron chi connectivity index (χ1n) is 4.16. The van der Waals surface area contributed by atoms with Crippen molar-refractivity contribution in [1.29, 1.82) is 0 Å². The van der Waals surface area contributed by atoms with E-state index < -0.39 is 0 Å². The van der Waals surface area contributed by atoms with Gasteiger partial charge in [0.1, 0.15) is 0 Å². The van der Waals surface area contributed by atoms with Crippen LogP contribution in [-0.4, -0.2) is 16.0 Å². The Morgan fingerprint density at radius 2 is 2.62 bits per heavy atom. The molecule has 0 aliphatic heterocycles. The molecule has 0 fully saturated rings. The normalized spacial score (nSPS) is 11.2. The minimum Gasteiger partial charge on any atom is -0.302 e. The zero-order chi connectivity index (χ0) is 9.10. The van der Waals surface area contributed by atoms with Crippen LogP contribution in [0.3, 0.4) is 0 Å². The summed E-state index contributed by atoms with van der Waals surface area (Å²) in [5.41, 5.74) is 3.83. The number of aromatic nitrogens is 2. The molecular weight excluding hydrogens is 186 g/mol. The Bertz CT molecular complexity index is 353. The summed E-state index contributed by atoms with van der Waals surface area (Å²) in [6.07, 6.45) is 4.00. The maximum Gasteiger partial charge on any atom is 0.193 e. The average molecular weight is 197 g/mol. The summed E-state index contributed by atoms with van der Waals surface area (Å²) < 4.78 is 2.01. The third kappa shape index (κ3) is 1.88. The van der Waals surface area contributed by atoms with Gasteiger partial charge in [-0.25, -0.2) is 4.98 Å². The molecule has 1 N–H and O–H groups in total. The van der Waals surface area contributed by atoms with E-state index in [1.807, 2.05) is 29.1 Å². The van der Waals surface area contributed by atoms with Gasteiger partial charge in [-0.15, -0.1) is 11.3 Å². The van der Waals surface area contributed by atoms with Crippen LogP contribution in [0, 0.1) is 0 Å². The molecule has 0 saturated heterocycles. The van der Waals surface area contributed by atoms with Gasteiger partial charge >= 0.3 is 0 Å². The molecule has 0 spiro atoms. The van der Waals surface area contributed by atoms with Crippen molar-refractivity contribution in [3.8, 4) is 0 Å². The lowest BCUT2D eigenvalue weighted by molar-refractivity contribution is 0.0457. The maximum absolute atomic E-state index is 5.01. The molecular formula is C8H11N3OS. The van der Waals surface area contributed by atoms with Crippen LogP contribution in [0.4, 0.5) is 0 Å². The zero-order valence-corrected chi connectivity index (χ0v) is 8.17. The van der Waals surface area contributed by atoms with E-state index in [4.69, 9.17) is 4.84 Å². The zero-order valence-electron chi connectivity index (χ0n) is 7.36. The van der Waals surface area contributed by atoms with Gasteiger partial charge in [-0.2, -0.15) is 5.48 Å². The standard InChI is InChI=1S/C8H11N3OS/c1-2-12-9-5-7-6-11-3-4-13-8(11)10-7/h3-4,6,9H,2,5H2,1H3. The summed E-state index contributed by atoms with van der Waals surface area (Å²) in [4.78, 5) is 10.4. The van der Waals surface area contributed by atoms with Crippen LogP contribution < -0.4 is 5.48 Å². The lowest BCUT2D eigenvalue weighted by Gasteiger charge is -1.98. The van der Waals surface area contributed by atoms with Crippen LogP contribution in [0.25, 0.3) is 4.96 Å². The fraction of sp³-hybridized carbons (Fsp3) is 0.375. The van der Waals surface area contributed by atoms with E-state index in [1.165, 1.54) is 0 Å². The number of nitrogens with zero attached hydrogens (tertiary/aromatic N) is 2. The van der Waals surface area contributed by atoms with Crippen molar-refractivity contribution in [2.75, 3.05) is 6.61 Å². The minimum atomic E-state index is 0.655. The second-order valence-corrected chi connectivity index (χ2v) is 3.45. The van der Waals surface area contributed by atoms with Crippen LogP contribution in [0.2, 0.25) is 0 Å². The fourth-order valence-corrected chi connectivity index (χ4v) is 1.81. The lowest BCUT2D eigenvalue weighted by atomic mass is 10.5. The van der Waals surface area contributed by atoms with Crippen molar-refractivity contribution in [2.24, 2.45) is 0 Å². The number of hydrogen-bond acceptors (Lipinski definition) is 4. The lowest BCUT2D eigenvalue weighted by Crippen LogP contribution is -2.13. The summed E-state index contributed by atoms with van der Waals surface area (Å²) in [5.74, 6) is 0. The molecule has 0 saturated carbocycles. The Balaban J connectivity index is 2.03. The monoisotopic (exact) mass is 197 g/mol. The Morgan fingerprint density at radius 1 is 1.69 bits per heavy atom. The smallest absolute Gasteiger partial charge is 0.193 e. The molecule has 5 heteroatoms. The Hall–Kier alpha value is -0.910. The molecule has 13 heavy (non-hydrogen) atoms. The fourth-order valence-electron chi connectivity index (χ4n) is 1.09. The van der Waals surface area contributed by atoms with Crippen molar-refractivity contribution in [1.82, 2.24) is 14.9 Å². The van der Waals surface area contributed by atoms with E-state index in [1.54, 1.807) is 11.3 Å². The van der Waals surface area contributed by atoms with Gasteiger partial charge < -0.3 is 4.84 Å². The highest BCUT2D eigenvalue weighted by Crippen LogP contribution is 2.10. The van der Waals surface area contributed by atoms with Gasteiger partial charge in [0.25, 0.3) is 0 Å². The third-order valence-electron chi connectivity index (χ3n) is 1.64. The van der Waals surface area contributed by atoms with Crippen molar-refractivity contribution < 1.29 is 4.84 Å². The van der Waals surface area contributed by atoms with Gasteiger partial charge in [-0.3, -0.25) is 4.40 Å². The molecule has 0 amide bonds. The summed E-state index contributed by atoms with van der Waals surface area (Å²) in [7, 11) is 0. The van der Waals surface area contributed by atoms with Crippen LogP contribution in [0.1, 0.15) is 12.6 Å². The van der Waals surface area contributed by atoms with Crippen LogP contribution in [0.15, 0.2) is 17.8 Å². The predicted octanol–water partition coefficient (Wildman–Crippen LogP) is 1.44. The van der Waals surface area contributed by atoms with Gasteiger partial charge in [0.15, 0.2) is 4.96 Å². The van der Waals surface area contributed by atoms with E-state index in [0.29, 0.717) is 13.2 Å². The third-order valence-corrected chi connectivity index (χ3v) is 2.41. The largest absolute Gasteiger partial charge is 0.302 e. The minimum absolute atomic E-state index is 0.655. The molecule has 2 aromatic heterocycles. The van der Waals surface area contributed by atoms with E-state index in [2.05, 4.69) is 10.5 Å². The highest BCUT2D eigenvalue weighted by atomic mass is 32.1. The highest BCUT2D eigenvalue weighted by Gasteiger charge is 2.00. The summed E-state index contributed by atoms with van der Waals surface area (Å²) in [5, 5.41) is 2.02. The SMILES string of the molecule is CCONCc1cn2ccsc2n1. The van der Waals surface area contributed by atoms with Crippen molar-refractivity contribution in [3.05, 3.63) is 23.5 Å². The van der Waals surface area contributed by atoms with Gasteiger partial charge in [0.2, 0.25) is 0 Å². The number of hydrogen-bond donors (Lipinski definition) is 1. The summed E-state index contributed by atoms with van der Waals surface area (Å²) in [6, 6.07) is 0. The van der Waals surface area contributed by atoms with Gasteiger partial charge in [0.05, 0.1) is 18.8 Å². The molecule has 4 nitrogen and oxygen atoms in total. The number of fused-ring (bicyclic) bond motifs is 1. The number of nitrogens with one attached hydrogen (secondary N) is 1. The van der Waals surface area contributed by atoms with Crippen molar-refractivity contribution >= 4 is 16.3 Å². The Labute approximate surface area is 80.1 Å². The molecule has 0 atom stereocenters. The quantitative estimate of drug-likeness (QED) is 0.595. The molecule has 2 rings (SSSR count). The van der Waals surface area contributed by atoms with Crippen LogP contribution in [-0.2, 0) is 11.4 Å². The van der Waals surface area contributed by atoms with Gasteiger partial charge in [0, 0.05) is 17.8 Å². The average Bonchev–Trinajstić information content (AvgIpc) is 2.64. The number of rotatable bonds is 4. The van der Waals surface area contributed by atoms with Gasteiger partial charge in [-0.05, 0) is 6.92 Å².